The van der Waals surface area contributed by atoms with E-state index in [-0.39, 0.29) is 18.0 Å². The number of carbonyl (C=O) groups excluding carboxylic acids is 2. The quantitative estimate of drug-likeness (QED) is 0.704. The van der Waals surface area contributed by atoms with Crippen LogP contribution < -0.4 is 19.9 Å². The molecule has 2 aliphatic heterocycles. The van der Waals surface area contributed by atoms with E-state index >= 15 is 0 Å². The van der Waals surface area contributed by atoms with Gasteiger partial charge in [-0.15, -0.1) is 0 Å². The van der Waals surface area contributed by atoms with Crippen LogP contribution in [0.25, 0.3) is 0 Å². The average Bonchev–Trinajstić information content (AvgIpc) is 2.75. The van der Waals surface area contributed by atoms with Gasteiger partial charge in [0.15, 0.2) is 6.54 Å². The number of amides is 2. The Morgan fingerprint density at radius 1 is 1.10 bits per heavy atom. The van der Waals surface area contributed by atoms with Crippen molar-refractivity contribution >= 4 is 17.7 Å². The molecular formula is C21H33N4O4+. The number of ether oxygens (including phenoxy) is 2. The molecule has 0 radical (unpaired) electrons. The molecule has 1 aromatic rings. The minimum atomic E-state index is -0.253. The van der Waals surface area contributed by atoms with Gasteiger partial charge in [-0.2, -0.15) is 0 Å². The van der Waals surface area contributed by atoms with Crippen molar-refractivity contribution in [3.8, 4) is 5.75 Å². The van der Waals surface area contributed by atoms with E-state index in [9.17, 15) is 9.59 Å². The molecule has 2 amide bonds. The van der Waals surface area contributed by atoms with Crippen molar-refractivity contribution in [1.29, 1.82) is 0 Å². The summed E-state index contributed by atoms with van der Waals surface area (Å²) in [6, 6.07) is 8.27. The first-order valence-electron chi connectivity index (χ1n) is 10.5. The second-order valence-electron chi connectivity index (χ2n) is 7.64. The zero-order valence-electron chi connectivity index (χ0n) is 17.5. The number of hydrogen-bond acceptors (Lipinski definition) is 5. The van der Waals surface area contributed by atoms with Gasteiger partial charge in [0.1, 0.15) is 5.75 Å². The van der Waals surface area contributed by atoms with Crippen molar-refractivity contribution in [2.45, 2.75) is 25.8 Å². The fourth-order valence-corrected chi connectivity index (χ4v) is 3.98. The van der Waals surface area contributed by atoms with Gasteiger partial charge < -0.3 is 29.5 Å². The van der Waals surface area contributed by atoms with E-state index in [0.29, 0.717) is 26.2 Å². The number of carbonyl (C=O) groups is 2. The SMILES string of the molecule is CCOC(=O)N1CCC(NC(=O)C[NH+]2CCN(c3ccc(OC)cc3)CC2)CC1. The van der Waals surface area contributed by atoms with Crippen molar-refractivity contribution in [3.63, 3.8) is 0 Å². The van der Waals surface area contributed by atoms with Gasteiger partial charge in [0.2, 0.25) is 0 Å². The molecule has 0 atom stereocenters. The molecule has 0 saturated carbocycles. The van der Waals surface area contributed by atoms with E-state index in [4.69, 9.17) is 9.47 Å². The van der Waals surface area contributed by atoms with Gasteiger partial charge in [0.05, 0.1) is 39.9 Å². The number of likely N-dealkylation sites (tertiary alicyclic amines) is 1. The molecule has 160 valence electrons. The molecule has 3 rings (SSSR count). The number of rotatable bonds is 6. The number of quaternary nitrogens is 1. The van der Waals surface area contributed by atoms with Gasteiger partial charge >= 0.3 is 6.09 Å². The Kier molecular flexibility index (Phi) is 7.57. The predicted molar refractivity (Wildman–Crippen MR) is 111 cm³/mol. The smallest absolute Gasteiger partial charge is 0.409 e. The molecule has 1 aromatic carbocycles. The van der Waals surface area contributed by atoms with Crippen molar-refractivity contribution in [2.75, 3.05) is 64.4 Å². The largest absolute Gasteiger partial charge is 0.497 e. The zero-order chi connectivity index (χ0) is 20.6. The molecule has 0 aromatic heterocycles. The van der Waals surface area contributed by atoms with Gasteiger partial charge in [-0.05, 0) is 44.0 Å². The molecule has 2 N–H and O–H groups in total. The zero-order valence-corrected chi connectivity index (χ0v) is 17.5. The van der Waals surface area contributed by atoms with Crippen LogP contribution in [0.1, 0.15) is 19.8 Å². The minimum Gasteiger partial charge on any atom is -0.497 e. The number of nitrogens with one attached hydrogen (secondary N) is 2. The predicted octanol–water partition coefficient (Wildman–Crippen LogP) is 0.137. The third kappa shape index (κ3) is 6.00. The molecule has 2 saturated heterocycles. The van der Waals surface area contributed by atoms with E-state index in [2.05, 4.69) is 22.3 Å². The van der Waals surface area contributed by atoms with Crippen LogP contribution in [0.15, 0.2) is 24.3 Å². The first kappa shape index (κ1) is 21.2. The molecule has 0 aliphatic carbocycles. The monoisotopic (exact) mass is 405 g/mol. The van der Waals surface area contributed by atoms with Gasteiger partial charge in [0, 0.05) is 24.8 Å². The number of nitrogens with zero attached hydrogens (tertiary/aromatic N) is 2. The standard InChI is InChI=1S/C21H32N4O4/c1-3-29-21(27)25-10-8-17(9-11-25)22-20(26)16-23-12-14-24(15-13-23)18-4-6-19(28-2)7-5-18/h4-7,17H,3,8-16H2,1-2H3,(H,22,26)/p+1. The summed E-state index contributed by atoms with van der Waals surface area (Å²) in [4.78, 5) is 29.6. The van der Waals surface area contributed by atoms with Crippen LogP contribution in [0.2, 0.25) is 0 Å². The van der Waals surface area contributed by atoms with Crippen LogP contribution in [0.5, 0.6) is 5.75 Å². The number of benzene rings is 1. The highest BCUT2D eigenvalue weighted by Crippen LogP contribution is 2.19. The lowest BCUT2D eigenvalue weighted by molar-refractivity contribution is -0.892. The van der Waals surface area contributed by atoms with Crippen LogP contribution in [-0.4, -0.2) is 82.5 Å². The molecule has 8 heteroatoms. The molecule has 2 aliphatic rings. The van der Waals surface area contributed by atoms with E-state index in [1.54, 1.807) is 12.0 Å². The molecule has 0 bridgehead atoms. The maximum Gasteiger partial charge on any atom is 0.409 e. The summed E-state index contributed by atoms with van der Waals surface area (Å²) >= 11 is 0. The number of anilines is 1. The fourth-order valence-electron chi connectivity index (χ4n) is 3.98. The first-order valence-corrected chi connectivity index (χ1v) is 10.5. The number of piperidine rings is 1. The highest BCUT2D eigenvalue weighted by atomic mass is 16.6. The average molecular weight is 406 g/mol. The molecular weight excluding hydrogens is 372 g/mol. The first-order chi connectivity index (χ1) is 14.1. The second-order valence-corrected chi connectivity index (χ2v) is 7.64. The molecule has 0 unspecified atom stereocenters. The van der Waals surface area contributed by atoms with Gasteiger partial charge in [-0.1, -0.05) is 0 Å². The Morgan fingerprint density at radius 3 is 2.34 bits per heavy atom. The Morgan fingerprint density at radius 2 is 1.76 bits per heavy atom. The summed E-state index contributed by atoms with van der Waals surface area (Å²) in [7, 11) is 1.67. The summed E-state index contributed by atoms with van der Waals surface area (Å²) < 4.78 is 10.3. The Balaban J connectivity index is 1.36. The highest BCUT2D eigenvalue weighted by Gasteiger charge is 2.27. The summed E-state index contributed by atoms with van der Waals surface area (Å²) in [6.45, 7) is 7.75. The number of methoxy groups -OCH3 is 1. The van der Waals surface area contributed by atoms with Crippen molar-refractivity contribution in [2.24, 2.45) is 0 Å². The minimum absolute atomic E-state index is 0.104. The van der Waals surface area contributed by atoms with Crippen LogP contribution in [-0.2, 0) is 9.53 Å². The van der Waals surface area contributed by atoms with E-state index in [1.807, 2.05) is 19.1 Å². The molecule has 2 heterocycles. The van der Waals surface area contributed by atoms with Crippen LogP contribution in [0.4, 0.5) is 10.5 Å². The topological polar surface area (TPSA) is 75.5 Å². The molecule has 0 spiro atoms. The van der Waals surface area contributed by atoms with Gasteiger partial charge in [0.25, 0.3) is 5.91 Å². The molecule has 8 nitrogen and oxygen atoms in total. The molecule has 29 heavy (non-hydrogen) atoms. The lowest BCUT2D eigenvalue weighted by Gasteiger charge is -2.34. The fraction of sp³-hybridized carbons (Fsp3) is 0.619. The number of hydrogen-bond donors (Lipinski definition) is 2. The summed E-state index contributed by atoms with van der Waals surface area (Å²) in [5, 5.41) is 3.15. The van der Waals surface area contributed by atoms with Crippen molar-refractivity contribution in [1.82, 2.24) is 10.2 Å². The molecule has 2 fully saturated rings. The third-order valence-electron chi connectivity index (χ3n) is 5.70. The third-order valence-corrected chi connectivity index (χ3v) is 5.70. The normalized spacial score (nSPS) is 18.4. The van der Waals surface area contributed by atoms with E-state index in [0.717, 1.165) is 44.8 Å². The van der Waals surface area contributed by atoms with Gasteiger partial charge in [-0.3, -0.25) is 4.79 Å². The van der Waals surface area contributed by atoms with Crippen molar-refractivity contribution in [3.05, 3.63) is 24.3 Å². The summed E-state index contributed by atoms with van der Waals surface area (Å²) in [5.41, 5.74) is 1.20. The maximum absolute atomic E-state index is 12.5. The summed E-state index contributed by atoms with van der Waals surface area (Å²) in [6.07, 6.45) is 1.31. The Labute approximate surface area is 172 Å². The Bertz CT molecular complexity index is 666. The lowest BCUT2D eigenvalue weighted by Crippen LogP contribution is -3.16. The Hall–Kier alpha value is -2.48. The van der Waals surface area contributed by atoms with Crippen LogP contribution in [0, 0.1) is 0 Å². The maximum atomic E-state index is 12.5. The van der Waals surface area contributed by atoms with E-state index < -0.39 is 0 Å². The summed E-state index contributed by atoms with van der Waals surface area (Å²) in [5.74, 6) is 0.968. The second kappa shape index (κ2) is 10.3. The van der Waals surface area contributed by atoms with Crippen LogP contribution >= 0.6 is 0 Å². The number of piperazine rings is 1. The lowest BCUT2D eigenvalue weighted by atomic mass is 10.1. The van der Waals surface area contributed by atoms with Crippen molar-refractivity contribution < 1.29 is 24.0 Å². The van der Waals surface area contributed by atoms with E-state index in [1.165, 1.54) is 10.6 Å². The highest BCUT2D eigenvalue weighted by molar-refractivity contribution is 5.77. The van der Waals surface area contributed by atoms with Gasteiger partial charge in [-0.25, -0.2) is 4.79 Å². The van der Waals surface area contributed by atoms with Crippen LogP contribution in [0.3, 0.4) is 0 Å².